The van der Waals surface area contributed by atoms with Crippen LogP contribution in [0.15, 0.2) is 85.3 Å². The van der Waals surface area contributed by atoms with E-state index in [-0.39, 0.29) is 0 Å². The molecule has 0 spiro atoms. The molecule has 0 bridgehead atoms. The Balaban J connectivity index is 1.69. The first kappa shape index (κ1) is 18.5. The molecule has 0 N–H and O–H groups in total. The lowest BCUT2D eigenvalue weighted by molar-refractivity contribution is 0.884. The van der Waals surface area contributed by atoms with Crippen LogP contribution in [0, 0.1) is 11.3 Å². The summed E-state index contributed by atoms with van der Waals surface area (Å²) in [7, 11) is 1.92. The summed E-state index contributed by atoms with van der Waals surface area (Å²) in [4.78, 5) is 8.91. The topological polar surface area (TPSA) is 72.3 Å². The maximum Gasteiger partial charge on any atom is 0.151 e. The van der Waals surface area contributed by atoms with E-state index in [1.165, 1.54) is 0 Å². The summed E-state index contributed by atoms with van der Waals surface area (Å²) in [6.07, 6.45) is 7.27. The van der Waals surface area contributed by atoms with E-state index in [0.29, 0.717) is 11.4 Å². The number of hydrogen-bond donors (Lipinski definition) is 0. The van der Waals surface area contributed by atoms with Gasteiger partial charge in [-0.05, 0) is 42.5 Å². The number of imidazole rings is 1. The second-order valence-electron chi connectivity index (χ2n) is 7.11. The van der Waals surface area contributed by atoms with Crippen molar-refractivity contribution in [1.82, 2.24) is 24.3 Å². The van der Waals surface area contributed by atoms with Gasteiger partial charge in [-0.2, -0.15) is 10.4 Å². The SMILES string of the molecule is Cn1c(/C(C#N)=C\c2cn(-c3ccccc3)nc2-c2cccnc2)nc2ccccc21. The van der Waals surface area contributed by atoms with E-state index in [1.54, 1.807) is 12.4 Å². The predicted octanol–water partition coefficient (Wildman–Crippen LogP) is 4.89. The Labute approximate surface area is 179 Å². The van der Waals surface area contributed by atoms with Gasteiger partial charge in [0.15, 0.2) is 5.82 Å². The summed E-state index contributed by atoms with van der Waals surface area (Å²) in [6, 6.07) is 23.9. The van der Waals surface area contributed by atoms with E-state index in [2.05, 4.69) is 16.0 Å². The smallest absolute Gasteiger partial charge is 0.151 e. The summed E-state index contributed by atoms with van der Waals surface area (Å²) in [5, 5.41) is 14.8. The lowest BCUT2D eigenvalue weighted by Crippen LogP contribution is -1.96. The van der Waals surface area contributed by atoms with Crippen molar-refractivity contribution in [1.29, 1.82) is 5.26 Å². The molecular weight excluding hydrogens is 384 g/mol. The summed E-state index contributed by atoms with van der Waals surface area (Å²) in [5.41, 5.74) is 5.69. The molecule has 0 aliphatic heterocycles. The van der Waals surface area contributed by atoms with Gasteiger partial charge < -0.3 is 4.57 Å². The Hall–Kier alpha value is -4.50. The Kier molecular flexibility index (Phi) is 4.62. The molecule has 3 heterocycles. The van der Waals surface area contributed by atoms with Gasteiger partial charge in [0.1, 0.15) is 11.8 Å². The monoisotopic (exact) mass is 402 g/mol. The quantitative estimate of drug-likeness (QED) is 0.402. The Morgan fingerprint density at radius 2 is 1.81 bits per heavy atom. The highest BCUT2D eigenvalue weighted by atomic mass is 15.3. The fraction of sp³-hybridized carbons (Fsp3) is 0.0400. The van der Waals surface area contributed by atoms with Crippen LogP contribution in [0.2, 0.25) is 0 Å². The van der Waals surface area contributed by atoms with Crippen LogP contribution in [0.1, 0.15) is 11.4 Å². The maximum absolute atomic E-state index is 9.96. The number of aromatic nitrogens is 5. The molecule has 6 nitrogen and oxygen atoms in total. The van der Waals surface area contributed by atoms with Crippen molar-refractivity contribution in [3.05, 3.63) is 96.7 Å². The fourth-order valence-electron chi connectivity index (χ4n) is 3.62. The van der Waals surface area contributed by atoms with Gasteiger partial charge in [0.05, 0.1) is 22.3 Å². The largest absolute Gasteiger partial charge is 0.327 e. The number of nitrogens with zero attached hydrogens (tertiary/aromatic N) is 6. The van der Waals surface area contributed by atoms with Crippen molar-refractivity contribution in [2.24, 2.45) is 7.05 Å². The standard InChI is InChI=1S/C25H18N6/c1-30-23-12-6-5-11-22(23)28-25(30)19(15-26)14-20-17-31(21-9-3-2-4-10-21)29-24(20)18-8-7-13-27-16-18/h2-14,16-17H,1H3/b19-14-. The summed E-state index contributed by atoms with van der Waals surface area (Å²) in [5.74, 6) is 0.619. The number of nitriles is 1. The second kappa shape index (κ2) is 7.73. The van der Waals surface area contributed by atoms with Crippen LogP contribution >= 0.6 is 0 Å². The van der Waals surface area contributed by atoms with Crippen LogP contribution < -0.4 is 0 Å². The molecule has 0 fully saturated rings. The lowest BCUT2D eigenvalue weighted by Gasteiger charge is -2.02. The third kappa shape index (κ3) is 3.38. The first-order valence-electron chi connectivity index (χ1n) is 9.84. The Bertz CT molecular complexity index is 1440. The highest BCUT2D eigenvalue weighted by Gasteiger charge is 2.16. The van der Waals surface area contributed by atoms with E-state index >= 15 is 0 Å². The molecule has 3 aromatic heterocycles. The number of fused-ring (bicyclic) bond motifs is 1. The highest BCUT2D eigenvalue weighted by molar-refractivity contribution is 5.93. The van der Waals surface area contributed by atoms with Crippen LogP contribution in [0.4, 0.5) is 0 Å². The summed E-state index contributed by atoms with van der Waals surface area (Å²) in [6.45, 7) is 0. The Morgan fingerprint density at radius 1 is 1.00 bits per heavy atom. The zero-order valence-corrected chi connectivity index (χ0v) is 16.8. The normalized spacial score (nSPS) is 11.5. The van der Waals surface area contributed by atoms with E-state index in [9.17, 15) is 5.26 Å². The van der Waals surface area contributed by atoms with Gasteiger partial charge in [-0.15, -0.1) is 0 Å². The van der Waals surface area contributed by atoms with Gasteiger partial charge in [0.25, 0.3) is 0 Å². The fourth-order valence-corrected chi connectivity index (χ4v) is 3.62. The zero-order chi connectivity index (χ0) is 21.2. The van der Waals surface area contributed by atoms with Crippen LogP contribution in [0.25, 0.3) is 39.6 Å². The van der Waals surface area contributed by atoms with Crippen molar-refractivity contribution >= 4 is 22.7 Å². The Morgan fingerprint density at radius 3 is 2.55 bits per heavy atom. The van der Waals surface area contributed by atoms with Gasteiger partial charge in [-0.1, -0.05) is 30.3 Å². The average Bonchev–Trinajstić information content (AvgIpc) is 3.40. The number of rotatable bonds is 4. The molecule has 0 saturated carbocycles. The number of benzene rings is 2. The number of allylic oxidation sites excluding steroid dienone is 1. The van der Waals surface area contributed by atoms with Gasteiger partial charge >= 0.3 is 0 Å². The van der Waals surface area contributed by atoms with E-state index in [0.717, 1.165) is 33.5 Å². The molecule has 2 aromatic carbocycles. The second-order valence-corrected chi connectivity index (χ2v) is 7.11. The molecule has 5 aromatic rings. The molecule has 5 rings (SSSR count). The first-order chi connectivity index (χ1) is 15.2. The lowest BCUT2D eigenvalue weighted by atomic mass is 10.1. The van der Waals surface area contributed by atoms with E-state index < -0.39 is 0 Å². The molecule has 0 radical (unpaired) electrons. The van der Waals surface area contributed by atoms with Gasteiger partial charge in [-0.3, -0.25) is 4.98 Å². The molecule has 0 unspecified atom stereocenters. The molecule has 6 heteroatoms. The minimum Gasteiger partial charge on any atom is -0.327 e. The minimum atomic E-state index is 0.469. The van der Waals surface area contributed by atoms with Crippen molar-refractivity contribution in [2.75, 3.05) is 0 Å². The van der Waals surface area contributed by atoms with Crippen molar-refractivity contribution in [3.8, 4) is 23.0 Å². The minimum absolute atomic E-state index is 0.469. The zero-order valence-electron chi connectivity index (χ0n) is 16.8. The first-order valence-corrected chi connectivity index (χ1v) is 9.84. The predicted molar refractivity (Wildman–Crippen MR) is 121 cm³/mol. The van der Waals surface area contributed by atoms with Crippen LogP contribution in [-0.4, -0.2) is 24.3 Å². The van der Waals surface area contributed by atoms with Crippen molar-refractivity contribution < 1.29 is 0 Å². The molecular formula is C25H18N6. The molecule has 0 aliphatic carbocycles. The number of pyridine rings is 1. The van der Waals surface area contributed by atoms with Crippen LogP contribution in [-0.2, 0) is 7.05 Å². The third-order valence-corrected chi connectivity index (χ3v) is 5.15. The van der Waals surface area contributed by atoms with Crippen molar-refractivity contribution in [3.63, 3.8) is 0 Å². The van der Waals surface area contributed by atoms with Gasteiger partial charge in [0, 0.05) is 36.8 Å². The van der Waals surface area contributed by atoms with Crippen molar-refractivity contribution in [2.45, 2.75) is 0 Å². The van der Waals surface area contributed by atoms with E-state index in [1.807, 2.05) is 95.3 Å². The number of hydrogen-bond acceptors (Lipinski definition) is 4. The average molecular weight is 402 g/mol. The van der Waals surface area contributed by atoms with Gasteiger partial charge in [-0.25, -0.2) is 9.67 Å². The molecule has 0 atom stereocenters. The molecule has 0 saturated heterocycles. The molecule has 0 aliphatic rings. The summed E-state index contributed by atoms with van der Waals surface area (Å²) >= 11 is 0. The highest BCUT2D eigenvalue weighted by Crippen LogP contribution is 2.28. The van der Waals surface area contributed by atoms with E-state index in [4.69, 9.17) is 5.10 Å². The molecule has 148 valence electrons. The number of para-hydroxylation sites is 3. The molecule has 31 heavy (non-hydrogen) atoms. The van der Waals surface area contributed by atoms with Crippen LogP contribution in [0.5, 0.6) is 0 Å². The van der Waals surface area contributed by atoms with Gasteiger partial charge in [0.2, 0.25) is 0 Å². The summed E-state index contributed by atoms with van der Waals surface area (Å²) < 4.78 is 3.76. The van der Waals surface area contributed by atoms with Crippen LogP contribution in [0.3, 0.4) is 0 Å². The maximum atomic E-state index is 9.96. The number of aryl methyl sites for hydroxylation is 1. The third-order valence-electron chi connectivity index (χ3n) is 5.15. The molecule has 0 amide bonds.